The van der Waals surface area contributed by atoms with E-state index in [0.717, 1.165) is 27.0 Å². The lowest BCUT2D eigenvalue weighted by atomic mass is 10.1. The first-order valence-electron chi connectivity index (χ1n) is 12.5. The van der Waals surface area contributed by atoms with E-state index in [1.165, 1.54) is 12.1 Å². The molecule has 0 radical (unpaired) electrons. The van der Waals surface area contributed by atoms with Crippen LogP contribution in [-0.4, -0.2) is 15.0 Å². The van der Waals surface area contributed by atoms with Gasteiger partial charge in [0.15, 0.2) is 24.6 Å². The minimum Gasteiger partial charge on any atom is -0.309 e. The van der Waals surface area contributed by atoms with Crippen LogP contribution in [0, 0.1) is 5.82 Å². The van der Waals surface area contributed by atoms with Crippen LogP contribution in [0.5, 0.6) is 0 Å². The van der Waals surface area contributed by atoms with E-state index in [9.17, 15) is 8.96 Å². The number of aromatic nitrogens is 3. The molecule has 0 atom stereocenters. The van der Waals surface area contributed by atoms with Crippen LogP contribution in [0.2, 0.25) is 0 Å². The highest BCUT2D eigenvalue weighted by molar-refractivity contribution is 7.85. The number of hydrogen-bond acceptors (Lipinski definition) is 4. The Bertz CT molecular complexity index is 1720. The van der Waals surface area contributed by atoms with Gasteiger partial charge in [0.25, 0.3) is 0 Å². The van der Waals surface area contributed by atoms with Crippen LogP contribution in [0.25, 0.3) is 34.2 Å². The van der Waals surface area contributed by atoms with Crippen molar-refractivity contribution in [2.24, 2.45) is 0 Å². The van der Waals surface area contributed by atoms with E-state index in [-0.39, 0.29) is 5.82 Å². The predicted octanol–water partition coefficient (Wildman–Crippen LogP) is 6.65. The van der Waals surface area contributed by atoms with Gasteiger partial charge >= 0.3 is 0 Å². The molecule has 5 aromatic carbocycles. The molecule has 0 unspecified atom stereocenters. The highest BCUT2D eigenvalue weighted by Crippen LogP contribution is 2.42. The van der Waals surface area contributed by atoms with Gasteiger partial charge < -0.3 is 4.57 Å². The van der Waals surface area contributed by atoms with E-state index in [1.807, 2.05) is 115 Å². The molecule has 0 saturated heterocycles. The normalized spacial score (nSPS) is 11.3. The van der Waals surface area contributed by atoms with Gasteiger partial charge in [-0.15, -0.1) is 0 Å². The van der Waals surface area contributed by atoms with Crippen LogP contribution in [0.1, 0.15) is 0 Å². The zero-order valence-electron chi connectivity index (χ0n) is 20.9. The Kier molecular flexibility index (Phi) is 6.66. The highest BCUT2D eigenvalue weighted by Gasteiger charge is 2.29. The topological polar surface area (TPSA) is 55.7 Å². The SMILES string of the molecule is O=P(c1ccccc1)(c1ccccc1)c1ccc(-c2nc(-c3ccccc3)nc(-c3ccc(F)cc3)n2)cc1. The standard InChI is InChI=1S/C33H23FN3OP/c34-27-20-16-25(17-21-27)32-35-31(24-10-4-1-5-11-24)36-33(37-32)26-18-22-30(23-19-26)39(38,28-12-6-2-7-13-28)29-14-8-3-9-15-29/h1-23H. The van der Waals surface area contributed by atoms with Gasteiger partial charge in [0, 0.05) is 32.6 Å². The molecule has 1 heterocycles. The molecule has 6 heteroatoms. The van der Waals surface area contributed by atoms with Crippen molar-refractivity contribution in [1.82, 2.24) is 15.0 Å². The monoisotopic (exact) mass is 527 g/mol. The molecule has 0 amide bonds. The lowest BCUT2D eigenvalue weighted by molar-refractivity contribution is 0.592. The van der Waals surface area contributed by atoms with Gasteiger partial charge in [0.05, 0.1) is 0 Å². The van der Waals surface area contributed by atoms with Gasteiger partial charge in [-0.3, -0.25) is 0 Å². The molecule has 0 N–H and O–H groups in total. The van der Waals surface area contributed by atoms with Crippen molar-refractivity contribution < 1.29 is 8.96 Å². The van der Waals surface area contributed by atoms with E-state index in [1.54, 1.807) is 12.1 Å². The second-order valence-corrected chi connectivity index (χ2v) is 11.8. The smallest absolute Gasteiger partial charge is 0.171 e. The summed E-state index contributed by atoms with van der Waals surface area (Å²) >= 11 is 0. The molecule has 4 nitrogen and oxygen atoms in total. The van der Waals surface area contributed by atoms with E-state index in [0.29, 0.717) is 23.0 Å². The summed E-state index contributed by atoms with van der Waals surface area (Å²) in [7, 11) is -3.10. The third-order valence-corrected chi connectivity index (χ3v) is 9.57. The van der Waals surface area contributed by atoms with Crippen LogP contribution >= 0.6 is 7.14 Å². The second-order valence-electron chi connectivity index (χ2n) is 9.01. The average Bonchev–Trinajstić information content (AvgIpc) is 3.02. The van der Waals surface area contributed by atoms with Gasteiger partial charge in [-0.25, -0.2) is 19.3 Å². The molecule has 188 valence electrons. The van der Waals surface area contributed by atoms with Crippen molar-refractivity contribution in [2.45, 2.75) is 0 Å². The first-order valence-corrected chi connectivity index (χ1v) is 14.2. The molecule has 0 aliphatic rings. The molecule has 6 aromatic rings. The quantitative estimate of drug-likeness (QED) is 0.228. The lowest BCUT2D eigenvalue weighted by Gasteiger charge is -2.20. The van der Waals surface area contributed by atoms with Gasteiger partial charge in [-0.05, 0) is 24.3 Å². The Morgan fingerprint density at radius 2 is 0.744 bits per heavy atom. The third kappa shape index (κ3) is 4.93. The maximum atomic E-state index is 14.7. The molecule has 39 heavy (non-hydrogen) atoms. The molecule has 0 bridgehead atoms. The minimum atomic E-state index is -3.10. The molecule has 0 fully saturated rings. The number of rotatable bonds is 6. The molecule has 0 aliphatic carbocycles. The Morgan fingerprint density at radius 1 is 0.410 bits per heavy atom. The molecule has 0 aliphatic heterocycles. The Balaban J connectivity index is 1.46. The van der Waals surface area contributed by atoms with Crippen molar-refractivity contribution >= 4 is 23.1 Å². The number of hydrogen-bond donors (Lipinski definition) is 0. The van der Waals surface area contributed by atoms with Crippen LogP contribution in [0.15, 0.2) is 140 Å². The first kappa shape index (κ1) is 24.6. The van der Waals surface area contributed by atoms with Crippen LogP contribution in [0.3, 0.4) is 0 Å². The number of benzene rings is 5. The summed E-state index contributed by atoms with van der Waals surface area (Å²) < 4.78 is 28.3. The van der Waals surface area contributed by atoms with E-state index in [4.69, 9.17) is 9.97 Å². The minimum absolute atomic E-state index is 0.326. The summed E-state index contributed by atoms with van der Waals surface area (Å²) in [4.78, 5) is 14.2. The average molecular weight is 528 g/mol. The summed E-state index contributed by atoms with van der Waals surface area (Å²) in [6, 6.07) is 42.4. The van der Waals surface area contributed by atoms with Crippen molar-refractivity contribution in [3.8, 4) is 34.2 Å². The molecule has 0 spiro atoms. The molecular formula is C33H23FN3OP. The largest absolute Gasteiger partial charge is 0.309 e. The maximum absolute atomic E-state index is 14.7. The number of nitrogens with zero attached hydrogens (tertiary/aromatic N) is 3. The van der Waals surface area contributed by atoms with Crippen LogP contribution in [0.4, 0.5) is 4.39 Å². The molecule has 1 aromatic heterocycles. The van der Waals surface area contributed by atoms with Crippen molar-refractivity contribution in [3.05, 3.63) is 145 Å². The second kappa shape index (κ2) is 10.6. The van der Waals surface area contributed by atoms with Crippen LogP contribution in [-0.2, 0) is 4.57 Å². The summed E-state index contributed by atoms with van der Waals surface area (Å²) in [6.07, 6.45) is 0. The fourth-order valence-electron chi connectivity index (χ4n) is 4.49. The zero-order valence-corrected chi connectivity index (χ0v) is 21.7. The first-order chi connectivity index (χ1) is 19.1. The Labute approximate surface area is 226 Å². The van der Waals surface area contributed by atoms with Crippen molar-refractivity contribution in [2.75, 3.05) is 0 Å². The van der Waals surface area contributed by atoms with Crippen molar-refractivity contribution in [1.29, 1.82) is 0 Å². The van der Waals surface area contributed by atoms with Gasteiger partial charge in [0.2, 0.25) is 0 Å². The zero-order chi connectivity index (χ0) is 26.7. The summed E-state index contributed by atoms with van der Waals surface area (Å²) in [5.41, 5.74) is 2.29. The third-order valence-electron chi connectivity index (χ3n) is 6.50. The van der Waals surface area contributed by atoms with Crippen molar-refractivity contribution in [3.63, 3.8) is 0 Å². The molecular weight excluding hydrogens is 504 g/mol. The highest BCUT2D eigenvalue weighted by atomic mass is 31.2. The number of halogens is 1. The predicted molar refractivity (Wildman–Crippen MR) is 155 cm³/mol. The Hall–Kier alpha value is -4.73. The lowest BCUT2D eigenvalue weighted by Crippen LogP contribution is -2.24. The Morgan fingerprint density at radius 3 is 1.18 bits per heavy atom. The van der Waals surface area contributed by atoms with E-state index < -0.39 is 7.14 Å². The maximum Gasteiger partial charge on any atom is 0.171 e. The van der Waals surface area contributed by atoms with Gasteiger partial charge in [-0.2, -0.15) is 0 Å². The fourth-order valence-corrected chi connectivity index (χ4v) is 7.14. The van der Waals surface area contributed by atoms with Gasteiger partial charge in [0.1, 0.15) is 5.82 Å². The van der Waals surface area contributed by atoms with Gasteiger partial charge in [-0.1, -0.05) is 115 Å². The van der Waals surface area contributed by atoms with E-state index >= 15 is 0 Å². The van der Waals surface area contributed by atoms with Crippen LogP contribution < -0.4 is 15.9 Å². The molecule has 0 saturated carbocycles. The fraction of sp³-hybridized carbons (Fsp3) is 0. The summed E-state index contributed by atoms with van der Waals surface area (Å²) in [5.74, 6) is 1.11. The molecule has 6 rings (SSSR count). The summed E-state index contributed by atoms with van der Waals surface area (Å²) in [5, 5.41) is 2.27. The van der Waals surface area contributed by atoms with E-state index in [2.05, 4.69) is 4.98 Å². The summed E-state index contributed by atoms with van der Waals surface area (Å²) in [6.45, 7) is 0.